The van der Waals surface area contributed by atoms with Gasteiger partial charge in [-0.15, -0.1) is 0 Å². The van der Waals surface area contributed by atoms with Gasteiger partial charge < -0.3 is 10.5 Å². The molecular weight excluding hydrogens is 342 g/mol. The molecule has 0 atom stereocenters. The van der Waals surface area contributed by atoms with Crippen molar-refractivity contribution >= 4 is 17.4 Å². The van der Waals surface area contributed by atoms with E-state index in [1.165, 1.54) is 11.9 Å². The van der Waals surface area contributed by atoms with E-state index in [1.807, 2.05) is 51.1 Å². The Labute approximate surface area is 157 Å². The normalized spacial score (nSPS) is 10.3. The van der Waals surface area contributed by atoms with E-state index in [0.717, 1.165) is 11.1 Å². The predicted molar refractivity (Wildman–Crippen MR) is 105 cm³/mol. The van der Waals surface area contributed by atoms with Gasteiger partial charge in [-0.1, -0.05) is 23.8 Å². The van der Waals surface area contributed by atoms with Crippen LogP contribution < -0.4 is 21.3 Å². The van der Waals surface area contributed by atoms with Crippen LogP contribution in [0.5, 0.6) is 11.6 Å². The minimum absolute atomic E-state index is 0.194. The summed E-state index contributed by atoms with van der Waals surface area (Å²) in [6, 6.07) is 12.9. The van der Waals surface area contributed by atoms with Crippen LogP contribution in [-0.4, -0.2) is 15.9 Å². The highest BCUT2D eigenvalue weighted by molar-refractivity contribution is 5.95. The number of hydrazine groups is 1. The summed E-state index contributed by atoms with van der Waals surface area (Å²) < 4.78 is 5.76. The average Bonchev–Trinajstić information content (AvgIpc) is 2.66. The Hall–Kier alpha value is -3.61. The zero-order valence-corrected chi connectivity index (χ0v) is 15.4. The minimum atomic E-state index is -0.301. The molecule has 3 aromatic rings. The van der Waals surface area contributed by atoms with Gasteiger partial charge in [0.2, 0.25) is 5.88 Å². The van der Waals surface area contributed by atoms with Gasteiger partial charge in [0.05, 0.1) is 0 Å². The van der Waals surface area contributed by atoms with Crippen molar-refractivity contribution in [3.63, 3.8) is 0 Å². The van der Waals surface area contributed by atoms with Gasteiger partial charge in [-0.3, -0.25) is 15.6 Å². The molecule has 0 saturated heterocycles. The molecule has 1 heterocycles. The highest BCUT2D eigenvalue weighted by Gasteiger charge is 2.12. The number of nitrogens with zero attached hydrogens (tertiary/aromatic N) is 2. The minimum Gasteiger partial charge on any atom is -0.437 e. The molecule has 0 fully saturated rings. The number of hydrogen-bond donors (Lipinski definition) is 3. The SMILES string of the molecule is Cc1ccc(C(=O)NNc2ncnc(Oc3ccc(C)c(C)c3)c2N)cc1. The van der Waals surface area contributed by atoms with Crippen LogP contribution in [0, 0.1) is 20.8 Å². The predicted octanol–water partition coefficient (Wildman–Crippen LogP) is 3.53. The molecule has 3 rings (SSSR count). The van der Waals surface area contributed by atoms with Crippen LogP contribution in [0.4, 0.5) is 11.5 Å². The lowest BCUT2D eigenvalue weighted by Gasteiger charge is -2.13. The number of rotatable bonds is 5. The maximum atomic E-state index is 12.2. The molecule has 7 heteroatoms. The van der Waals surface area contributed by atoms with Crippen LogP contribution >= 0.6 is 0 Å². The van der Waals surface area contributed by atoms with Crippen LogP contribution in [0.2, 0.25) is 0 Å². The van der Waals surface area contributed by atoms with Crippen molar-refractivity contribution < 1.29 is 9.53 Å². The van der Waals surface area contributed by atoms with Crippen LogP contribution in [0.25, 0.3) is 0 Å². The maximum Gasteiger partial charge on any atom is 0.269 e. The van der Waals surface area contributed by atoms with Gasteiger partial charge in [-0.05, 0) is 56.2 Å². The monoisotopic (exact) mass is 363 g/mol. The highest BCUT2D eigenvalue weighted by Crippen LogP contribution is 2.29. The number of anilines is 2. The van der Waals surface area contributed by atoms with Gasteiger partial charge in [-0.2, -0.15) is 4.98 Å². The summed E-state index contributed by atoms with van der Waals surface area (Å²) in [4.78, 5) is 20.3. The molecular formula is C20H21N5O2. The third-order valence-electron chi connectivity index (χ3n) is 4.15. The Morgan fingerprint density at radius 3 is 2.44 bits per heavy atom. The van der Waals surface area contributed by atoms with Crippen molar-refractivity contribution in [2.75, 3.05) is 11.2 Å². The zero-order chi connectivity index (χ0) is 19.4. The van der Waals surface area contributed by atoms with E-state index in [9.17, 15) is 4.79 Å². The largest absolute Gasteiger partial charge is 0.437 e. The first-order chi connectivity index (χ1) is 12.9. The first kappa shape index (κ1) is 18.2. The molecule has 0 radical (unpaired) electrons. The Kier molecular flexibility index (Phi) is 5.21. The summed E-state index contributed by atoms with van der Waals surface area (Å²) in [7, 11) is 0. The van der Waals surface area contributed by atoms with E-state index in [2.05, 4.69) is 20.8 Å². The first-order valence-corrected chi connectivity index (χ1v) is 8.42. The molecule has 0 unspecified atom stereocenters. The zero-order valence-electron chi connectivity index (χ0n) is 15.4. The molecule has 0 aliphatic rings. The standard InChI is InChI=1S/C20H21N5O2/c1-12-4-7-15(8-5-12)19(26)25-24-18-17(21)20(23-11-22-18)27-16-9-6-13(2)14(3)10-16/h4-11H,21H2,1-3H3,(H,25,26)(H,22,23,24). The molecule has 0 aliphatic heterocycles. The van der Waals surface area contributed by atoms with Gasteiger partial charge in [0, 0.05) is 5.56 Å². The second kappa shape index (κ2) is 7.74. The fourth-order valence-corrected chi connectivity index (χ4v) is 2.34. The first-order valence-electron chi connectivity index (χ1n) is 8.42. The summed E-state index contributed by atoms with van der Waals surface area (Å²) in [6.45, 7) is 5.98. The van der Waals surface area contributed by atoms with Crippen LogP contribution in [0.1, 0.15) is 27.0 Å². The van der Waals surface area contributed by atoms with Gasteiger partial charge >= 0.3 is 0 Å². The molecule has 7 nitrogen and oxygen atoms in total. The second-order valence-electron chi connectivity index (χ2n) is 6.23. The van der Waals surface area contributed by atoms with Gasteiger partial charge in [-0.25, -0.2) is 4.98 Å². The van der Waals surface area contributed by atoms with Crippen molar-refractivity contribution in [1.82, 2.24) is 15.4 Å². The van der Waals surface area contributed by atoms with Crippen molar-refractivity contribution in [1.29, 1.82) is 0 Å². The molecule has 1 amide bonds. The summed E-state index contributed by atoms with van der Waals surface area (Å²) >= 11 is 0. The van der Waals surface area contributed by atoms with Crippen LogP contribution in [0.15, 0.2) is 48.8 Å². The van der Waals surface area contributed by atoms with E-state index < -0.39 is 0 Å². The number of ether oxygens (including phenoxy) is 1. The van der Waals surface area contributed by atoms with Crippen LogP contribution in [-0.2, 0) is 0 Å². The summed E-state index contributed by atoms with van der Waals surface area (Å²) in [5.74, 6) is 0.785. The number of nitrogens with one attached hydrogen (secondary N) is 2. The fraction of sp³-hybridized carbons (Fsp3) is 0.150. The molecule has 2 aromatic carbocycles. The lowest BCUT2D eigenvalue weighted by atomic mass is 10.1. The number of amides is 1. The van der Waals surface area contributed by atoms with E-state index in [-0.39, 0.29) is 23.3 Å². The second-order valence-corrected chi connectivity index (χ2v) is 6.23. The number of hydrogen-bond acceptors (Lipinski definition) is 6. The fourth-order valence-electron chi connectivity index (χ4n) is 2.34. The smallest absolute Gasteiger partial charge is 0.269 e. The number of carbonyl (C=O) groups excluding carboxylic acids is 1. The summed E-state index contributed by atoms with van der Waals surface area (Å²) in [6.07, 6.45) is 1.31. The van der Waals surface area contributed by atoms with Crippen molar-refractivity contribution in [3.05, 3.63) is 71.0 Å². The van der Waals surface area contributed by atoms with Gasteiger partial charge in [0.25, 0.3) is 5.91 Å². The lowest BCUT2D eigenvalue weighted by Crippen LogP contribution is -2.30. The Morgan fingerprint density at radius 2 is 1.74 bits per heavy atom. The highest BCUT2D eigenvalue weighted by atomic mass is 16.5. The van der Waals surface area contributed by atoms with E-state index >= 15 is 0 Å². The number of benzene rings is 2. The summed E-state index contributed by atoms with van der Waals surface area (Å²) in [5, 5.41) is 0. The Morgan fingerprint density at radius 1 is 1.00 bits per heavy atom. The Balaban J connectivity index is 1.71. The van der Waals surface area contributed by atoms with Crippen molar-refractivity contribution in [3.8, 4) is 11.6 Å². The van der Waals surface area contributed by atoms with Crippen molar-refractivity contribution in [2.24, 2.45) is 0 Å². The number of aromatic nitrogens is 2. The number of nitrogens with two attached hydrogens (primary N) is 1. The molecule has 0 spiro atoms. The lowest BCUT2D eigenvalue weighted by molar-refractivity contribution is 0.0962. The number of nitrogen functional groups attached to an aromatic ring is 1. The maximum absolute atomic E-state index is 12.2. The van der Waals surface area contributed by atoms with E-state index in [4.69, 9.17) is 10.5 Å². The number of carbonyl (C=O) groups is 1. The molecule has 138 valence electrons. The molecule has 4 N–H and O–H groups in total. The molecule has 1 aromatic heterocycles. The number of aryl methyl sites for hydroxylation is 3. The van der Waals surface area contributed by atoms with E-state index in [1.54, 1.807) is 12.1 Å². The molecule has 27 heavy (non-hydrogen) atoms. The van der Waals surface area contributed by atoms with Gasteiger partial charge in [0.15, 0.2) is 5.82 Å². The Bertz CT molecular complexity index is 971. The molecule has 0 aliphatic carbocycles. The third-order valence-corrected chi connectivity index (χ3v) is 4.15. The van der Waals surface area contributed by atoms with Crippen molar-refractivity contribution in [2.45, 2.75) is 20.8 Å². The van der Waals surface area contributed by atoms with E-state index in [0.29, 0.717) is 11.3 Å². The summed E-state index contributed by atoms with van der Waals surface area (Å²) in [5.41, 5.74) is 15.4. The van der Waals surface area contributed by atoms with Crippen LogP contribution in [0.3, 0.4) is 0 Å². The molecule has 0 saturated carbocycles. The average molecular weight is 363 g/mol. The van der Waals surface area contributed by atoms with Gasteiger partial charge in [0.1, 0.15) is 17.8 Å². The molecule has 0 bridgehead atoms. The topological polar surface area (TPSA) is 102 Å². The third kappa shape index (κ3) is 4.33. The quantitative estimate of drug-likeness (QED) is 0.599.